The zero-order valence-corrected chi connectivity index (χ0v) is 14.4. The van der Waals surface area contributed by atoms with Crippen LogP contribution in [0.1, 0.15) is 24.1 Å². The largest absolute Gasteiger partial charge is 0.484 e. The first-order chi connectivity index (χ1) is 12.0. The van der Waals surface area contributed by atoms with Gasteiger partial charge in [-0.3, -0.25) is 9.59 Å². The number of primary amides is 1. The molecule has 0 saturated carbocycles. The Balaban J connectivity index is 1.96. The average Bonchev–Trinajstić information content (AvgIpc) is 2.64. The van der Waals surface area contributed by atoms with Gasteiger partial charge < -0.3 is 15.4 Å². The van der Waals surface area contributed by atoms with Gasteiger partial charge in [-0.05, 0) is 36.3 Å². The molecule has 2 aromatic rings. The maximum absolute atomic E-state index is 12.3. The molecule has 2 rings (SSSR count). The van der Waals surface area contributed by atoms with Crippen LogP contribution in [0.25, 0.3) is 6.08 Å². The van der Waals surface area contributed by atoms with Crippen LogP contribution < -0.4 is 10.5 Å². The maximum atomic E-state index is 12.3. The van der Waals surface area contributed by atoms with E-state index >= 15 is 0 Å². The smallest absolute Gasteiger partial charge is 0.255 e. The van der Waals surface area contributed by atoms with Crippen molar-refractivity contribution in [2.24, 2.45) is 5.73 Å². The highest BCUT2D eigenvalue weighted by atomic mass is 16.5. The van der Waals surface area contributed by atoms with E-state index in [0.29, 0.717) is 5.75 Å². The van der Waals surface area contributed by atoms with Crippen molar-refractivity contribution < 1.29 is 14.3 Å². The molecule has 2 amide bonds. The number of amides is 2. The SMILES string of the molecule is CC(c1ccccc1)N(C)C(=O)/C=C/c1ccc(OCC(N)=O)cc1. The van der Waals surface area contributed by atoms with Gasteiger partial charge in [0.15, 0.2) is 6.61 Å². The molecular formula is C20H22N2O3. The molecular weight excluding hydrogens is 316 g/mol. The van der Waals surface area contributed by atoms with Crippen LogP contribution in [-0.2, 0) is 9.59 Å². The molecule has 0 heterocycles. The summed E-state index contributed by atoms with van der Waals surface area (Å²) in [6, 6.07) is 16.9. The Labute approximate surface area is 147 Å². The van der Waals surface area contributed by atoms with E-state index in [1.165, 1.54) is 0 Å². The second-order valence-corrected chi connectivity index (χ2v) is 5.69. The average molecular weight is 338 g/mol. The summed E-state index contributed by atoms with van der Waals surface area (Å²) in [5.74, 6) is -0.0485. The quantitative estimate of drug-likeness (QED) is 0.789. The Hall–Kier alpha value is -3.08. The van der Waals surface area contributed by atoms with E-state index in [1.807, 2.05) is 37.3 Å². The van der Waals surface area contributed by atoms with E-state index in [1.54, 1.807) is 48.4 Å². The summed E-state index contributed by atoms with van der Waals surface area (Å²) >= 11 is 0. The van der Waals surface area contributed by atoms with Crippen molar-refractivity contribution in [3.63, 3.8) is 0 Å². The number of carbonyl (C=O) groups is 2. The van der Waals surface area contributed by atoms with Crippen LogP contribution in [0.15, 0.2) is 60.7 Å². The Kier molecular flexibility index (Phi) is 6.34. The first kappa shape index (κ1) is 18.3. The van der Waals surface area contributed by atoms with Gasteiger partial charge in [0.2, 0.25) is 5.91 Å². The van der Waals surface area contributed by atoms with Gasteiger partial charge in [0.05, 0.1) is 6.04 Å². The highest BCUT2D eigenvalue weighted by Gasteiger charge is 2.14. The minimum Gasteiger partial charge on any atom is -0.484 e. The number of likely N-dealkylation sites (N-methyl/N-ethyl adjacent to an activating group) is 1. The second-order valence-electron chi connectivity index (χ2n) is 5.69. The predicted molar refractivity (Wildman–Crippen MR) is 97.8 cm³/mol. The highest BCUT2D eigenvalue weighted by Crippen LogP contribution is 2.19. The van der Waals surface area contributed by atoms with Crippen molar-refractivity contribution >= 4 is 17.9 Å². The van der Waals surface area contributed by atoms with Gasteiger partial charge in [0.25, 0.3) is 5.91 Å². The Morgan fingerprint density at radius 1 is 1.12 bits per heavy atom. The molecule has 5 nitrogen and oxygen atoms in total. The fourth-order valence-corrected chi connectivity index (χ4v) is 2.26. The number of carbonyl (C=O) groups excluding carboxylic acids is 2. The molecule has 2 aromatic carbocycles. The van der Waals surface area contributed by atoms with Crippen molar-refractivity contribution in [3.8, 4) is 5.75 Å². The molecule has 0 fully saturated rings. The Morgan fingerprint density at radius 3 is 2.36 bits per heavy atom. The van der Waals surface area contributed by atoms with Crippen LogP contribution in [0, 0.1) is 0 Å². The lowest BCUT2D eigenvalue weighted by Crippen LogP contribution is -2.27. The first-order valence-corrected chi connectivity index (χ1v) is 7.98. The molecule has 0 radical (unpaired) electrons. The van der Waals surface area contributed by atoms with E-state index in [-0.39, 0.29) is 18.6 Å². The lowest BCUT2D eigenvalue weighted by atomic mass is 10.1. The number of benzene rings is 2. The highest BCUT2D eigenvalue weighted by molar-refractivity contribution is 5.91. The van der Waals surface area contributed by atoms with Crippen LogP contribution in [0.3, 0.4) is 0 Å². The van der Waals surface area contributed by atoms with Gasteiger partial charge in [-0.25, -0.2) is 0 Å². The number of rotatable bonds is 7. The summed E-state index contributed by atoms with van der Waals surface area (Å²) in [4.78, 5) is 24.7. The van der Waals surface area contributed by atoms with Gasteiger partial charge in [-0.15, -0.1) is 0 Å². The number of ether oxygens (including phenoxy) is 1. The molecule has 2 N–H and O–H groups in total. The third kappa shape index (κ3) is 5.49. The minimum atomic E-state index is -0.523. The topological polar surface area (TPSA) is 72.6 Å². The molecule has 5 heteroatoms. The molecule has 0 aromatic heterocycles. The van der Waals surface area contributed by atoms with E-state index < -0.39 is 5.91 Å². The molecule has 1 atom stereocenters. The molecule has 130 valence electrons. The molecule has 0 aliphatic carbocycles. The molecule has 1 unspecified atom stereocenters. The Bertz CT molecular complexity index is 739. The van der Waals surface area contributed by atoms with Crippen LogP contribution >= 0.6 is 0 Å². The van der Waals surface area contributed by atoms with Crippen molar-refractivity contribution in [1.29, 1.82) is 0 Å². The lowest BCUT2D eigenvalue weighted by Gasteiger charge is -2.24. The van der Waals surface area contributed by atoms with Gasteiger partial charge in [-0.1, -0.05) is 42.5 Å². The fourth-order valence-electron chi connectivity index (χ4n) is 2.26. The third-order valence-corrected chi connectivity index (χ3v) is 3.89. The maximum Gasteiger partial charge on any atom is 0.255 e. The standard InChI is InChI=1S/C20H22N2O3/c1-15(17-6-4-3-5-7-17)22(2)20(24)13-10-16-8-11-18(12-9-16)25-14-19(21)23/h3-13,15H,14H2,1-2H3,(H2,21,23)/b13-10+. The van der Waals surface area contributed by atoms with E-state index in [9.17, 15) is 9.59 Å². The monoisotopic (exact) mass is 338 g/mol. The van der Waals surface area contributed by atoms with E-state index in [4.69, 9.17) is 10.5 Å². The minimum absolute atomic E-state index is 0.0112. The molecule has 0 aliphatic heterocycles. The van der Waals surface area contributed by atoms with E-state index in [0.717, 1.165) is 11.1 Å². The fraction of sp³-hybridized carbons (Fsp3) is 0.200. The van der Waals surface area contributed by atoms with Crippen molar-refractivity contribution in [1.82, 2.24) is 4.90 Å². The Morgan fingerprint density at radius 2 is 1.76 bits per heavy atom. The lowest BCUT2D eigenvalue weighted by molar-refractivity contribution is -0.126. The molecule has 25 heavy (non-hydrogen) atoms. The second kappa shape index (κ2) is 8.68. The number of hydrogen-bond acceptors (Lipinski definition) is 3. The predicted octanol–water partition coefficient (Wildman–Crippen LogP) is 2.78. The van der Waals surface area contributed by atoms with Crippen molar-refractivity contribution in [3.05, 3.63) is 71.8 Å². The van der Waals surface area contributed by atoms with Crippen LogP contribution in [0.4, 0.5) is 0 Å². The van der Waals surface area contributed by atoms with Gasteiger partial charge >= 0.3 is 0 Å². The van der Waals surface area contributed by atoms with Crippen molar-refractivity contribution in [2.45, 2.75) is 13.0 Å². The summed E-state index contributed by atoms with van der Waals surface area (Å²) in [7, 11) is 1.78. The molecule has 0 aliphatic rings. The van der Waals surface area contributed by atoms with E-state index in [2.05, 4.69) is 0 Å². The summed E-state index contributed by atoms with van der Waals surface area (Å²) in [6.07, 6.45) is 3.28. The van der Waals surface area contributed by atoms with Gasteiger partial charge in [0.1, 0.15) is 5.75 Å². The molecule has 0 bridgehead atoms. The third-order valence-electron chi connectivity index (χ3n) is 3.89. The van der Waals surface area contributed by atoms with Crippen LogP contribution in [0.5, 0.6) is 5.75 Å². The molecule has 0 spiro atoms. The number of hydrogen-bond donors (Lipinski definition) is 1. The van der Waals surface area contributed by atoms with Gasteiger partial charge in [-0.2, -0.15) is 0 Å². The summed E-state index contributed by atoms with van der Waals surface area (Å²) < 4.78 is 5.19. The zero-order chi connectivity index (χ0) is 18.2. The summed E-state index contributed by atoms with van der Waals surface area (Å²) in [5, 5.41) is 0. The van der Waals surface area contributed by atoms with Gasteiger partial charge in [0, 0.05) is 13.1 Å². The number of nitrogens with two attached hydrogens (primary N) is 1. The molecule has 0 saturated heterocycles. The number of nitrogens with zero attached hydrogens (tertiary/aromatic N) is 1. The summed E-state index contributed by atoms with van der Waals surface area (Å²) in [6.45, 7) is 1.84. The summed E-state index contributed by atoms with van der Waals surface area (Å²) in [5.41, 5.74) is 6.98. The van der Waals surface area contributed by atoms with Crippen molar-refractivity contribution in [2.75, 3.05) is 13.7 Å². The van der Waals surface area contributed by atoms with Crippen LogP contribution in [-0.4, -0.2) is 30.4 Å². The first-order valence-electron chi connectivity index (χ1n) is 7.98. The normalized spacial score (nSPS) is 11.9. The zero-order valence-electron chi connectivity index (χ0n) is 14.4. The van der Waals surface area contributed by atoms with Crippen LogP contribution in [0.2, 0.25) is 0 Å².